The second-order valence-electron chi connectivity index (χ2n) is 6.05. The summed E-state index contributed by atoms with van der Waals surface area (Å²) in [5.41, 5.74) is 1.14. The molecule has 0 unspecified atom stereocenters. The lowest BCUT2D eigenvalue weighted by Crippen LogP contribution is -2.40. The lowest BCUT2D eigenvalue weighted by atomic mass is 9.93. The van der Waals surface area contributed by atoms with Crippen LogP contribution in [-0.4, -0.2) is 23.0 Å². The highest BCUT2D eigenvalue weighted by Crippen LogP contribution is 2.30. The zero-order chi connectivity index (χ0) is 13.9. The summed E-state index contributed by atoms with van der Waals surface area (Å²) in [6, 6.07) is 4.29. The van der Waals surface area contributed by atoms with Gasteiger partial charge in [-0.15, -0.1) is 0 Å². The molecule has 2 aliphatic carbocycles. The first-order valence-corrected chi connectivity index (χ1v) is 7.60. The number of nitrogens with zero attached hydrogens (tertiary/aromatic N) is 1. The van der Waals surface area contributed by atoms with E-state index >= 15 is 0 Å². The third-order valence-corrected chi connectivity index (χ3v) is 4.14. The molecule has 0 aliphatic heterocycles. The number of hydrogen-bond acceptors (Lipinski definition) is 3. The van der Waals surface area contributed by atoms with Crippen molar-refractivity contribution in [3.05, 3.63) is 23.9 Å². The highest BCUT2D eigenvalue weighted by molar-refractivity contribution is 5.81. The fraction of sp³-hybridized carbons (Fsp3) is 0.625. The molecule has 1 amide bonds. The second kappa shape index (κ2) is 5.81. The molecule has 2 fully saturated rings. The van der Waals surface area contributed by atoms with E-state index in [1.807, 2.05) is 25.3 Å². The molecule has 0 spiro atoms. The number of amides is 1. The monoisotopic (exact) mass is 274 g/mol. The smallest absolute Gasteiger partial charge is 0.223 e. The summed E-state index contributed by atoms with van der Waals surface area (Å²) >= 11 is 0. The first kappa shape index (κ1) is 13.4. The number of pyridine rings is 1. The van der Waals surface area contributed by atoms with Gasteiger partial charge in [-0.3, -0.25) is 4.79 Å². The van der Waals surface area contributed by atoms with Crippen molar-refractivity contribution >= 4 is 5.91 Å². The van der Waals surface area contributed by atoms with Crippen molar-refractivity contribution in [2.75, 3.05) is 0 Å². The SMILES string of the molecule is Cc1ccc(OC2CCC(NC(=O)C3CC3)CC2)nc1. The van der Waals surface area contributed by atoms with Gasteiger partial charge in [-0.2, -0.15) is 0 Å². The van der Waals surface area contributed by atoms with Crippen LogP contribution in [0.15, 0.2) is 18.3 Å². The number of rotatable bonds is 4. The summed E-state index contributed by atoms with van der Waals surface area (Å²) in [7, 11) is 0. The molecule has 0 saturated heterocycles. The van der Waals surface area contributed by atoms with Gasteiger partial charge in [0, 0.05) is 24.2 Å². The highest BCUT2D eigenvalue weighted by Gasteiger charge is 2.32. The summed E-state index contributed by atoms with van der Waals surface area (Å²) in [6.07, 6.45) is 8.21. The van der Waals surface area contributed by atoms with E-state index in [4.69, 9.17) is 4.74 Å². The molecule has 1 heterocycles. The van der Waals surface area contributed by atoms with Crippen molar-refractivity contribution in [3.63, 3.8) is 0 Å². The Morgan fingerprint density at radius 1 is 1.20 bits per heavy atom. The number of nitrogens with one attached hydrogen (secondary N) is 1. The highest BCUT2D eigenvalue weighted by atomic mass is 16.5. The van der Waals surface area contributed by atoms with Crippen molar-refractivity contribution in [1.29, 1.82) is 0 Å². The van der Waals surface area contributed by atoms with Crippen molar-refractivity contribution in [2.24, 2.45) is 5.92 Å². The maximum atomic E-state index is 11.7. The standard InChI is InChI=1S/C16H22N2O2/c1-11-2-9-15(17-10-11)20-14-7-5-13(6-8-14)18-16(19)12-3-4-12/h2,9-10,12-14H,3-8H2,1H3,(H,18,19). The Labute approximate surface area is 119 Å². The summed E-state index contributed by atoms with van der Waals surface area (Å²) in [4.78, 5) is 16.0. The first-order chi connectivity index (χ1) is 9.70. The van der Waals surface area contributed by atoms with Gasteiger partial charge >= 0.3 is 0 Å². The largest absolute Gasteiger partial charge is 0.474 e. The van der Waals surface area contributed by atoms with Gasteiger partial charge in [0.05, 0.1) is 0 Å². The van der Waals surface area contributed by atoms with Crippen LogP contribution < -0.4 is 10.1 Å². The molecule has 0 bridgehead atoms. The molecule has 3 rings (SSSR count). The Morgan fingerprint density at radius 2 is 1.95 bits per heavy atom. The van der Waals surface area contributed by atoms with Gasteiger partial charge < -0.3 is 10.1 Å². The average molecular weight is 274 g/mol. The Balaban J connectivity index is 1.43. The molecule has 2 saturated carbocycles. The summed E-state index contributed by atoms with van der Waals surface area (Å²) < 4.78 is 5.90. The van der Waals surface area contributed by atoms with E-state index in [0.717, 1.165) is 44.1 Å². The Bertz CT molecular complexity index is 460. The Morgan fingerprint density at radius 3 is 2.55 bits per heavy atom. The zero-order valence-electron chi connectivity index (χ0n) is 12.0. The molecule has 1 aromatic heterocycles. The van der Waals surface area contributed by atoms with Crippen LogP contribution in [0.2, 0.25) is 0 Å². The van der Waals surface area contributed by atoms with Crippen LogP contribution in [0.1, 0.15) is 44.1 Å². The van der Waals surface area contributed by atoms with E-state index in [1.54, 1.807) is 0 Å². The molecule has 4 nitrogen and oxygen atoms in total. The van der Waals surface area contributed by atoms with Crippen molar-refractivity contribution in [2.45, 2.75) is 57.6 Å². The van der Waals surface area contributed by atoms with Crippen LogP contribution in [0.5, 0.6) is 5.88 Å². The lowest BCUT2D eigenvalue weighted by Gasteiger charge is -2.29. The Kier molecular flexibility index (Phi) is 3.90. The average Bonchev–Trinajstić information content (AvgIpc) is 3.28. The van der Waals surface area contributed by atoms with Crippen LogP contribution >= 0.6 is 0 Å². The molecule has 108 valence electrons. The minimum Gasteiger partial charge on any atom is -0.474 e. The number of aromatic nitrogens is 1. The molecule has 1 aromatic rings. The van der Waals surface area contributed by atoms with Crippen LogP contribution in [0.3, 0.4) is 0 Å². The van der Waals surface area contributed by atoms with E-state index in [2.05, 4.69) is 10.3 Å². The maximum Gasteiger partial charge on any atom is 0.223 e. The van der Waals surface area contributed by atoms with Gasteiger partial charge in [-0.25, -0.2) is 4.98 Å². The first-order valence-electron chi connectivity index (χ1n) is 7.60. The summed E-state index contributed by atoms with van der Waals surface area (Å²) in [5, 5.41) is 3.16. The Hall–Kier alpha value is -1.58. The van der Waals surface area contributed by atoms with Gasteiger partial charge in [0.1, 0.15) is 6.10 Å². The van der Waals surface area contributed by atoms with Gasteiger partial charge in [0.15, 0.2) is 0 Å². The fourth-order valence-electron chi connectivity index (χ4n) is 2.68. The lowest BCUT2D eigenvalue weighted by molar-refractivity contribution is -0.123. The van der Waals surface area contributed by atoms with Crippen LogP contribution in [-0.2, 0) is 4.79 Å². The van der Waals surface area contributed by atoms with Gasteiger partial charge in [0.25, 0.3) is 0 Å². The number of hydrogen-bond donors (Lipinski definition) is 1. The molecular formula is C16H22N2O2. The number of ether oxygens (including phenoxy) is 1. The van der Waals surface area contributed by atoms with E-state index in [1.165, 1.54) is 0 Å². The fourth-order valence-corrected chi connectivity index (χ4v) is 2.68. The van der Waals surface area contributed by atoms with Crippen LogP contribution in [0.25, 0.3) is 0 Å². The van der Waals surface area contributed by atoms with E-state index in [9.17, 15) is 4.79 Å². The molecular weight excluding hydrogens is 252 g/mol. The molecule has 0 radical (unpaired) electrons. The van der Waals surface area contributed by atoms with Crippen molar-refractivity contribution in [1.82, 2.24) is 10.3 Å². The van der Waals surface area contributed by atoms with Gasteiger partial charge in [-0.05, 0) is 51.0 Å². The number of carbonyl (C=O) groups is 1. The topological polar surface area (TPSA) is 51.2 Å². The molecule has 20 heavy (non-hydrogen) atoms. The molecule has 1 N–H and O–H groups in total. The van der Waals surface area contributed by atoms with E-state index < -0.39 is 0 Å². The van der Waals surface area contributed by atoms with E-state index in [-0.39, 0.29) is 12.0 Å². The minimum atomic E-state index is 0.235. The normalized spacial score (nSPS) is 26.1. The summed E-state index contributed by atoms with van der Waals surface area (Å²) in [6.45, 7) is 2.02. The van der Waals surface area contributed by atoms with Crippen LogP contribution in [0.4, 0.5) is 0 Å². The minimum absolute atomic E-state index is 0.235. The van der Waals surface area contributed by atoms with Gasteiger partial charge in [-0.1, -0.05) is 6.07 Å². The second-order valence-corrected chi connectivity index (χ2v) is 6.05. The molecule has 2 aliphatic rings. The van der Waals surface area contributed by atoms with Crippen molar-refractivity contribution < 1.29 is 9.53 Å². The predicted octanol–water partition coefficient (Wildman–Crippen LogP) is 2.61. The van der Waals surface area contributed by atoms with E-state index in [0.29, 0.717) is 17.8 Å². The van der Waals surface area contributed by atoms with Gasteiger partial charge in [0.2, 0.25) is 11.8 Å². The third kappa shape index (κ3) is 3.50. The van der Waals surface area contributed by atoms with Crippen LogP contribution in [0, 0.1) is 12.8 Å². The number of carbonyl (C=O) groups excluding carboxylic acids is 1. The predicted molar refractivity (Wildman–Crippen MR) is 76.5 cm³/mol. The maximum absolute atomic E-state index is 11.7. The van der Waals surface area contributed by atoms with Crippen molar-refractivity contribution in [3.8, 4) is 5.88 Å². The number of aryl methyl sites for hydroxylation is 1. The molecule has 0 aromatic carbocycles. The third-order valence-electron chi connectivity index (χ3n) is 4.14. The summed E-state index contributed by atoms with van der Waals surface area (Å²) in [5.74, 6) is 1.27. The zero-order valence-corrected chi connectivity index (χ0v) is 12.0. The molecule has 4 heteroatoms. The molecule has 0 atom stereocenters. The quantitative estimate of drug-likeness (QED) is 0.918.